The molecule has 0 spiro atoms. The largest absolute Gasteiger partial charge is 0.390 e. The summed E-state index contributed by atoms with van der Waals surface area (Å²) in [6, 6.07) is 10.5. The molecule has 1 nitrogen and oxygen atoms in total. The van der Waals surface area contributed by atoms with E-state index in [2.05, 4.69) is 4.98 Å². The second-order valence-corrected chi connectivity index (χ2v) is 5.23. The van der Waals surface area contributed by atoms with Gasteiger partial charge in [-0.2, -0.15) is 13.2 Å². The van der Waals surface area contributed by atoms with Crippen LogP contribution in [0.2, 0.25) is 0 Å². The number of aryl methyl sites for hydroxylation is 1. The minimum Gasteiger partial charge on any atom is -0.265 e. The van der Waals surface area contributed by atoms with Gasteiger partial charge < -0.3 is 0 Å². The number of pyridine rings is 1. The van der Waals surface area contributed by atoms with Crippen LogP contribution in [0.25, 0.3) is 0 Å². The van der Waals surface area contributed by atoms with Gasteiger partial charge in [0.2, 0.25) is 0 Å². The van der Waals surface area contributed by atoms with Crippen molar-refractivity contribution < 1.29 is 13.2 Å². The average Bonchev–Trinajstić information content (AvgIpc) is 2.38. The maximum atomic E-state index is 13.0. The van der Waals surface area contributed by atoms with Gasteiger partial charge in [-0.15, -0.1) is 0 Å². The third-order valence-corrected chi connectivity index (χ3v) is 3.56. The van der Waals surface area contributed by atoms with Crippen molar-refractivity contribution in [3.05, 3.63) is 65.5 Å². The summed E-state index contributed by atoms with van der Waals surface area (Å²) < 4.78 is 39.0. The molecular weight excluding hydrogens is 263 g/mol. The number of halogens is 3. The van der Waals surface area contributed by atoms with E-state index in [9.17, 15) is 13.2 Å². The lowest BCUT2D eigenvalue weighted by Gasteiger charge is -2.32. The topological polar surface area (TPSA) is 12.9 Å². The molecule has 0 N–H and O–H groups in total. The van der Waals surface area contributed by atoms with Crippen LogP contribution in [0.4, 0.5) is 13.2 Å². The molecule has 0 aliphatic rings. The van der Waals surface area contributed by atoms with E-state index >= 15 is 0 Å². The molecule has 1 atom stereocenters. The Morgan fingerprint density at radius 2 is 1.40 bits per heavy atom. The minimum atomic E-state index is -4.23. The van der Waals surface area contributed by atoms with Crippen molar-refractivity contribution >= 4 is 0 Å². The van der Waals surface area contributed by atoms with Gasteiger partial charge in [-0.05, 0) is 30.2 Å². The summed E-state index contributed by atoms with van der Waals surface area (Å²) in [5.74, 6) is 0. The fourth-order valence-corrected chi connectivity index (χ4v) is 2.41. The maximum absolute atomic E-state index is 13.0. The molecule has 0 fully saturated rings. The van der Waals surface area contributed by atoms with Crippen LogP contribution in [-0.4, -0.2) is 11.2 Å². The van der Waals surface area contributed by atoms with Crippen molar-refractivity contribution in [3.8, 4) is 0 Å². The van der Waals surface area contributed by atoms with Crippen molar-refractivity contribution in [2.24, 2.45) is 0 Å². The van der Waals surface area contributed by atoms with Crippen LogP contribution in [0.5, 0.6) is 0 Å². The van der Waals surface area contributed by atoms with Crippen LogP contribution in [0.15, 0.2) is 48.8 Å². The fourth-order valence-electron chi connectivity index (χ4n) is 2.41. The molecule has 2 rings (SSSR count). The molecule has 0 aliphatic heterocycles. The Morgan fingerprint density at radius 3 is 1.90 bits per heavy atom. The summed E-state index contributed by atoms with van der Waals surface area (Å²) in [6.07, 6.45) is -2.08. The molecule has 2 aromatic rings. The van der Waals surface area contributed by atoms with Crippen LogP contribution < -0.4 is 0 Å². The highest BCUT2D eigenvalue weighted by Crippen LogP contribution is 2.41. The van der Waals surface area contributed by atoms with Crippen molar-refractivity contribution in [3.63, 3.8) is 0 Å². The number of hydrogen-bond donors (Lipinski definition) is 0. The third kappa shape index (κ3) is 3.18. The van der Waals surface area contributed by atoms with Crippen molar-refractivity contribution in [1.82, 2.24) is 4.98 Å². The number of nitrogens with zero attached hydrogens (tertiary/aromatic N) is 1. The first-order chi connectivity index (χ1) is 9.31. The molecule has 0 unspecified atom stereocenters. The van der Waals surface area contributed by atoms with E-state index in [-0.39, 0.29) is 0 Å². The summed E-state index contributed by atoms with van der Waals surface area (Å²) in [6.45, 7) is 3.54. The zero-order valence-electron chi connectivity index (χ0n) is 11.4. The second kappa shape index (κ2) is 5.27. The lowest BCUT2D eigenvalue weighted by molar-refractivity contribution is -0.144. The first kappa shape index (κ1) is 14.6. The summed E-state index contributed by atoms with van der Waals surface area (Å²) in [4.78, 5) is 3.88. The predicted octanol–water partition coefficient (Wildman–Crippen LogP) is 4.65. The van der Waals surface area contributed by atoms with E-state index in [1.165, 1.54) is 12.4 Å². The Balaban J connectivity index is 2.52. The average molecular weight is 279 g/mol. The van der Waals surface area contributed by atoms with Crippen LogP contribution in [0.1, 0.15) is 30.0 Å². The Labute approximate surface area is 116 Å². The maximum Gasteiger partial charge on any atom is 0.390 e. The standard InChI is InChI=1S/C16H16F3N/c1-12-3-5-13(6-4-12)15(2,11-16(17,18)19)14-7-9-20-10-8-14/h3-10H,11H2,1-2H3/t15-/m0/s1. The van der Waals surface area contributed by atoms with Gasteiger partial charge in [0.15, 0.2) is 0 Å². The predicted molar refractivity (Wildman–Crippen MR) is 72.5 cm³/mol. The van der Waals surface area contributed by atoms with E-state index in [1.54, 1.807) is 31.2 Å². The molecule has 106 valence electrons. The van der Waals surface area contributed by atoms with Crippen LogP contribution in [0, 0.1) is 6.92 Å². The molecule has 0 saturated carbocycles. The molecule has 1 heterocycles. The van der Waals surface area contributed by atoms with Gasteiger partial charge in [0.1, 0.15) is 0 Å². The first-order valence-electron chi connectivity index (χ1n) is 6.36. The summed E-state index contributed by atoms with van der Waals surface area (Å²) >= 11 is 0. The van der Waals surface area contributed by atoms with Crippen molar-refractivity contribution in [2.45, 2.75) is 31.9 Å². The molecule has 1 aromatic carbocycles. The van der Waals surface area contributed by atoms with Crippen LogP contribution in [0.3, 0.4) is 0 Å². The monoisotopic (exact) mass is 279 g/mol. The van der Waals surface area contributed by atoms with Crippen LogP contribution in [-0.2, 0) is 5.41 Å². The van der Waals surface area contributed by atoms with Crippen LogP contribution >= 0.6 is 0 Å². The van der Waals surface area contributed by atoms with Gasteiger partial charge in [0, 0.05) is 17.8 Å². The number of alkyl halides is 3. The van der Waals surface area contributed by atoms with Gasteiger partial charge in [0.25, 0.3) is 0 Å². The highest BCUT2D eigenvalue weighted by molar-refractivity contribution is 5.38. The normalized spacial score (nSPS) is 14.8. The van der Waals surface area contributed by atoms with Crippen molar-refractivity contribution in [2.75, 3.05) is 0 Å². The quantitative estimate of drug-likeness (QED) is 0.797. The summed E-state index contributed by atoms with van der Waals surface area (Å²) in [5, 5.41) is 0. The number of benzene rings is 1. The summed E-state index contributed by atoms with van der Waals surface area (Å²) in [5.41, 5.74) is 1.20. The number of aromatic nitrogens is 1. The minimum absolute atomic E-state index is 0.619. The molecule has 0 saturated heterocycles. The van der Waals surface area contributed by atoms with Crippen molar-refractivity contribution in [1.29, 1.82) is 0 Å². The zero-order valence-corrected chi connectivity index (χ0v) is 11.4. The molecule has 0 bridgehead atoms. The number of rotatable bonds is 3. The fraction of sp³-hybridized carbons (Fsp3) is 0.312. The Morgan fingerprint density at radius 1 is 0.900 bits per heavy atom. The van der Waals surface area contributed by atoms with E-state index in [0.717, 1.165) is 5.56 Å². The Bertz CT molecular complexity index is 561. The Hall–Kier alpha value is -1.84. The van der Waals surface area contributed by atoms with E-state index < -0.39 is 18.0 Å². The molecule has 4 heteroatoms. The van der Waals surface area contributed by atoms with E-state index in [4.69, 9.17) is 0 Å². The summed E-state index contributed by atoms with van der Waals surface area (Å²) in [7, 11) is 0. The lowest BCUT2D eigenvalue weighted by Crippen LogP contribution is -2.30. The molecule has 0 aliphatic carbocycles. The molecule has 0 amide bonds. The smallest absolute Gasteiger partial charge is 0.265 e. The zero-order chi connectivity index (χ0) is 14.8. The van der Waals surface area contributed by atoms with Gasteiger partial charge in [0.05, 0.1) is 6.42 Å². The van der Waals surface area contributed by atoms with Gasteiger partial charge in [-0.3, -0.25) is 4.98 Å². The highest BCUT2D eigenvalue weighted by Gasteiger charge is 2.41. The highest BCUT2D eigenvalue weighted by atomic mass is 19.4. The van der Waals surface area contributed by atoms with Gasteiger partial charge >= 0.3 is 6.18 Å². The molecular formula is C16H16F3N. The Kier molecular flexibility index (Phi) is 3.84. The molecule has 0 radical (unpaired) electrons. The second-order valence-electron chi connectivity index (χ2n) is 5.23. The van der Waals surface area contributed by atoms with Gasteiger partial charge in [-0.25, -0.2) is 0 Å². The van der Waals surface area contributed by atoms with E-state index in [1.807, 2.05) is 19.1 Å². The first-order valence-corrected chi connectivity index (χ1v) is 6.36. The van der Waals surface area contributed by atoms with E-state index in [0.29, 0.717) is 11.1 Å². The van der Waals surface area contributed by atoms with Gasteiger partial charge in [-0.1, -0.05) is 36.8 Å². The SMILES string of the molecule is Cc1ccc([C@](C)(CC(F)(F)F)c2ccncc2)cc1. The third-order valence-electron chi connectivity index (χ3n) is 3.56. The molecule has 20 heavy (non-hydrogen) atoms. The lowest BCUT2D eigenvalue weighted by atomic mass is 9.74. The molecule has 1 aromatic heterocycles. The number of hydrogen-bond acceptors (Lipinski definition) is 1.